The molecule has 1 aromatic rings. The van der Waals surface area contributed by atoms with E-state index in [4.69, 9.17) is 0 Å². The summed E-state index contributed by atoms with van der Waals surface area (Å²) in [6.45, 7) is 5.55. The van der Waals surface area contributed by atoms with Crippen LogP contribution in [0.1, 0.15) is 18.9 Å². The Labute approximate surface area is 115 Å². The van der Waals surface area contributed by atoms with Crippen molar-refractivity contribution < 1.29 is 8.42 Å². The molecule has 0 spiro atoms. The van der Waals surface area contributed by atoms with Crippen molar-refractivity contribution in [2.75, 3.05) is 26.4 Å². The van der Waals surface area contributed by atoms with Crippen molar-refractivity contribution in [3.05, 3.63) is 18.0 Å². The summed E-state index contributed by atoms with van der Waals surface area (Å²) in [6.07, 6.45) is 4.44. The Balaban J connectivity index is 2.23. The molecule has 0 aliphatic rings. The van der Waals surface area contributed by atoms with Crippen LogP contribution in [-0.4, -0.2) is 54.9 Å². The number of hydrogen-bond donors (Lipinski definition) is 1. The van der Waals surface area contributed by atoms with Crippen molar-refractivity contribution in [1.82, 2.24) is 19.4 Å². The maximum atomic E-state index is 11.6. The molecule has 6 nitrogen and oxygen atoms in total. The zero-order valence-corrected chi connectivity index (χ0v) is 12.9. The van der Waals surface area contributed by atoms with E-state index in [2.05, 4.69) is 17.3 Å². The molecule has 7 heteroatoms. The van der Waals surface area contributed by atoms with Gasteiger partial charge in [0.2, 0.25) is 10.0 Å². The van der Waals surface area contributed by atoms with Crippen LogP contribution in [0, 0.1) is 6.92 Å². The van der Waals surface area contributed by atoms with Crippen LogP contribution in [-0.2, 0) is 16.6 Å². The lowest BCUT2D eigenvalue weighted by atomic mass is 10.3. The molecular weight excluding hydrogens is 264 g/mol. The molecule has 0 aromatic carbocycles. The number of aryl methyl sites for hydroxylation is 1. The highest BCUT2D eigenvalue weighted by atomic mass is 32.2. The smallest absolute Gasteiger partial charge is 0.213 e. The second kappa shape index (κ2) is 7.02. The van der Waals surface area contributed by atoms with Gasteiger partial charge in [0.15, 0.2) is 0 Å². The Hall–Kier alpha value is -0.920. The van der Waals surface area contributed by atoms with Gasteiger partial charge in [-0.15, -0.1) is 0 Å². The summed E-state index contributed by atoms with van der Waals surface area (Å²) in [4.78, 5) is 0. The Bertz CT molecular complexity index is 482. The minimum Gasteiger partial charge on any atom is -0.312 e. The fourth-order valence-electron chi connectivity index (χ4n) is 1.70. The van der Waals surface area contributed by atoms with Crippen molar-refractivity contribution >= 4 is 10.0 Å². The molecule has 0 fully saturated rings. The van der Waals surface area contributed by atoms with Gasteiger partial charge < -0.3 is 5.32 Å². The lowest BCUT2D eigenvalue weighted by molar-refractivity contribution is 0.450. The number of aromatic nitrogens is 2. The van der Waals surface area contributed by atoms with Gasteiger partial charge in [-0.3, -0.25) is 4.68 Å². The van der Waals surface area contributed by atoms with Gasteiger partial charge >= 0.3 is 0 Å². The van der Waals surface area contributed by atoms with Gasteiger partial charge in [0.1, 0.15) is 0 Å². The molecule has 1 aromatic heterocycles. The van der Waals surface area contributed by atoms with E-state index in [0.29, 0.717) is 13.0 Å². The van der Waals surface area contributed by atoms with E-state index in [1.807, 2.05) is 24.0 Å². The average molecular weight is 288 g/mol. The van der Waals surface area contributed by atoms with E-state index >= 15 is 0 Å². The van der Waals surface area contributed by atoms with E-state index < -0.39 is 10.0 Å². The van der Waals surface area contributed by atoms with E-state index in [1.54, 1.807) is 14.1 Å². The van der Waals surface area contributed by atoms with Crippen molar-refractivity contribution in [2.45, 2.75) is 32.9 Å². The molecule has 0 saturated heterocycles. The summed E-state index contributed by atoms with van der Waals surface area (Å²) in [5, 5.41) is 7.53. The number of hydrogen-bond acceptors (Lipinski definition) is 4. The summed E-state index contributed by atoms with van der Waals surface area (Å²) in [6, 6.07) is 0.265. The molecule has 0 amide bonds. The van der Waals surface area contributed by atoms with Crippen LogP contribution in [0.5, 0.6) is 0 Å². The molecular formula is C12H24N4O2S. The topological polar surface area (TPSA) is 67.2 Å². The molecule has 0 aliphatic heterocycles. The number of sulfonamides is 1. The van der Waals surface area contributed by atoms with Crippen LogP contribution in [0.2, 0.25) is 0 Å². The van der Waals surface area contributed by atoms with Gasteiger partial charge in [-0.05, 0) is 32.4 Å². The third kappa shape index (κ3) is 5.71. The summed E-state index contributed by atoms with van der Waals surface area (Å²) in [5.74, 6) is 0.181. The lowest BCUT2D eigenvalue weighted by Gasteiger charge is -2.15. The van der Waals surface area contributed by atoms with E-state index in [9.17, 15) is 8.42 Å². The van der Waals surface area contributed by atoms with Crippen molar-refractivity contribution in [1.29, 1.82) is 0 Å². The molecule has 0 bridgehead atoms. The summed E-state index contributed by atoms with van der Waals surface area (Å²) < 4.78 is 26.3. The number of nitrogens with zero attached hydrogens (tertiary/aromatic N) is 3. The van der Waals surface area contributed by atoms with Crippen LogP contribution >= 0.6 is 0 Å². The fraction of sp³-hybridized carbons (Fsp3) is 0.750. The highest BCUT2D eigenvalue weighted by Crippen LogP contribution is 1.98. The van der Waals surface area contributed by atoms with Gasteiger partial charge in [0.05, 0.1) is 18.5 Å². The second-order valence-corrected chi connectivity index (χ2v) is 7.35. The van der Waals surface area contributed by atoms with E-state index in [1.165, 1.54) is 4.31 Å². The van der Waals surface area contributed by atoms with Gasteiger partial charge in [-0.2, -0.15) is 5.10 Å². The fourth-order valence-corrected chi connectivity index (χ4v) is 2.57. The molecule has 1 N–H and O–H groups in total. The van der Waals surface area contributed by atoms with Crippen LogP contribution in [0.4, 0.5) is 0 Å². The lowest BCUT2D eigenvalue weighted by Crippen LogP contribution is -2.33. The van der Waals surface area contributed by atoms with Crippen LogP contribution < -0.4 is 5.32 Å². The predicted octanol–water partition coefficient (Wildman–Crippen LogP) is 0.451. The zero-order valence-electron chi connectivity index (χ0n) is 12.1. The molecule has 0 saturated carbocycles. The highest BCUT2D eigenvalue weighted by molar-refractivity contribution is 7.89. The molecule has 0 radical (unpaired) electrons. The largest absolute Gasteiger partial charge is 0.312 e. The molecule has 0 unspecified atom stereocenters. The highest BCUT2D eigenvalue weighted by Gasteiger charge is 2.12. The molecule has 1 atom stereocenters. The van der Waals surface area contributed by atoms with Gasteiger partial charge in [0, 0.05) is 26.3 Å². The van der Waals surface area contributed by atoms with Gasteiger partial charge in [-0.25, -0.2) is 12.7 Å². The maximum absolute atomic E-state index is 11.6. The first-order valence-corrected chi connectivity index (χ1v) is 8.05. The maximum Gasteiger partial charge on any atom is 0.213 e. The first-order valence-electron chi connectivity index (χ1n) is 6.44. The standard InChI is InChI=1S/C12H24N4O2S/c1-11-8-14-16(9-11)10-12(2)13-6-5-7-19(17,18)15(3)4/h8-9,12-13H,5-7,10H2,1-4H3/t12-/m0/s1. The van der Waals surface area contributed by atoms with Crippen LogP contribution in [0.15, 0.2) is 12.4 Å². The Morgan fingerprint density at radius 1 is 1.47 bits per heavy atom. The third-order valence-electron chi connectivity index (χ3n) is 2.85. The Morgan fingerprint density at radius 3 is 2.68 bits per heavy atom. The average Bonchev–Trinajstić information content (AvgIpc) is 2.70. The zero-order chi connectivity index (χ0) is 14.5. The molecule has 1 rings (SSSR count). The van der Waals surface area contributed by atoms with Gasteiger partial charge in [0.25, 0.3) is 0 Å². The minimum atomic E-state index is -3.08. The first kappa shape index (κ1) is 16.1. The molecule has 1 heterocycles. The predicted molar refractivity (Wildman–Crippen MR) is 76.5 cm³/mol. The second-order valence-electron chi connectivity index (χ2n) is 5.05. The quantitative estimate of drug-likeness (QED) is 0.705. The molecule has 110 valence electrons. The third-order valence-corrected chi connectivity index (χ3v) is 4.77. The van der Waals surface area contributed by atoms with E-state index in [-0.39, 0.29) is 11.8 Å². The Kier molecular flexibility index (Phi) is 5.96. The van der Waals surface area contributed by atoms with Crippen LogP contribution in [0.3, 0.4) is 0 Å². The molecule has 19 heavy (non-hydrogen) atoms. The monoisotopic (exact) mass is 288 g/mol. The summed E-state index contributed by atoms with van der Waals surface area (Å²) in [7, 11) is 0.0460. The number of nitrogens with one attached hydrogen (secondary N) is 1. The first-order chi connectivity index (χ1) is 8.81. The van der Waals surface area contributed by atoms with Gasteiger partial charge in [-0.1, -0.05) is 0 Å². The number of rotatable bonds is 8. The van der Waals surface area contributed by atoms with Crippen molar-refractivity contribution in [3.8, 4) is 0 Å². The normalized spacial score (nSPS) is 13.9. The van der Waals surface area contributed by atoms with Crippen molar-refractivity contribution in [2.24, 2.45) is 0 Å². The van der Waals surface area contributed by atoms with Crippen LogP contribution in [0.25, 0.3) is 0 Å². The summed E-state index contributed by atoms with van der Waals surface area (Å²) >= 11 is 0. The Morgan fingerprint density at radius 2 is 2.16 bits per heavy atom. The molecule has 0 aliphatic carbocycles. The van der Waals surface area contributed by atoms with E-state index in [0.717, 1.165) is 12.1 Å². The SMILES string of the molecule is Cc1cnn(C[C@H](C)NCCCS(=O)(=O)N(C)C)c1. The minimum absolute atomic E-state index is 0.181. The van der Waals surface area contributed by atoms with Crippen molar-refractivity contribution in [3.63, 3.8) is 0 Å². The summed E-state index contributed by atoms with van der Waals surface area (Å²) in [5.41, 5.74) is 1.14.